The fraction of sp³-hybridized carbons (Fsp3) is 0.368. The molecule has 1 atom stereocenters. The topological polar surface area (TPSA) is 129 Å². The molecule has 9 heteroatoms. The lowest BCUT2D eigenvalue weighted by Gasteiger charge is -2.20. The summed E-state index contributed by atoms with van der Waals surface area (Å²) in [7, 11) is 1.58. The summed E-state index contributed by atoms with van der Waals surface area (Å²) in [5.41, 5.74) is 13.5. The van der Waals surface area contributed by atoms with Gasteiger partial charge in [0.15, 0.2) is 11.6 Å². The van der Waals surface area contributed by atoms with Crippen molar-refractivity contribution in [2.24, 2.45) is 16.5 Å². The number of aromatic nitrogens is 2. The first-order valence-electron chi connectivity index (χ1n) is 9.01. The van der Waals surface area contributed by atoms with E-state index in [9.17, 15) is 9.18 Å². The molecule has 2 aromatic heterocycles. The number of halogens is 1. The summed E-state index contributed by atoms with van der Waals surface area (Å²) in [5.74, 6) is -1.55. The summed E-state index contributed by atoms with van der Waals surface area (Å²) < 4.78 is 19.6. The molecule has 148 valence electrons. The first-order chi connectivity index (χ1) is 13.5. The van der Waals surface area contributed by atoms with Crippen LogP contribution in [0.2, 0.25) is 0 Å². The van der Waals surface area contributed by atoms with Crippen LogP contribution in [0, 0.1) is 5.82 Å². The van der Waals surface area contributed by atoms with E-state index in [1.807, 2.05) is 0 Å². The van der Waals surface area contributed by atoms with Gasteiger partial charge < -0.3 is 21.5 Å². The van der Waals surface area contributed by atoms with Crippen LogP contribution in [0.1, 0.15) is 41.6 Å². The molecule has 0 aromatic carbocycles. The maximum atomic E-state index is 14.5. The molecule has 0 unspecified atom stereocenters. The summed E-state index contributed by atoms with van der Waals surface area (Å²) in [5, 5.41) is 2.97. The second-order valence-electron chi connectivity index (χ2n) is 6.65. The zero-order valence-corrected chi connectivity index (χ0v) is 15.6. The maximum Gasteiger partial charge on any atom is 0.252 e. The number of nitrogens with zero attached hydrogens (tertiary/aromatic N) is 3. The van der Waals surface area contributed by atoms with Crippen LogP contribution in [0.3, 0.4) is 0 Å². The largest absolute Gasteiger partial charge is 0.380 e. The zero-order chi connectivity index (χ0) is 20.1. The smallest absolute Gasteiger partial charge is 0.252 e. The van der Waals surface area contributed by atoms with Crippen molar-refractivity contribution in [3.63, 3.8) is 0 Å². The summed E-state index contributed by atoms with van der Waals surface area (Å²) in [6.45, 7) is 0.374. The number of rotatable bonds is 6. The molecule has 8 nitrogen and oxygen atoms in total. The Hall–Kier alpha value is -2.91. The van der Waals surface area contributed by atoms with Crippen LogP contribution in [0.25, 0.3) is 0 Å². The predicted octanol–water partition coefficient (Wildman–Crippen LogP) is 2.58. The lowest BCUT2D eigenvalue weighted by molar-refractivity contribution is 0.100. The number of aliphatic imine (C=N–C) groups is 1. The van der Waals surface area contributed by atoms with E-state index < -0.39 is 11.7 Å². The van der Waals surface area contributed by atoms with Crippen LogP contribution in [0.4, 0.5) is 21.7 Å². The third-order valence-corrected chi connectivity index (χ3v) is 4.47. The number of anilines is 2. The number of hydrogen-bond acceptors (Lipinski definition) is 7. The number of hydrogen-bond donors (Lipinski definition) is 3. The van der Waals surface area contributed by atoms with Crippen molar-refractivity contribution in [3.8, 4) is 0 Å². The molecule has 1 amide bonds. The molecular formula is C19H23FN6O2. The minimum atomic E-state index is -0.802. The zero-order valence-electron chi connectivity index (χ0n) is 15.6. The van der Waals surface area contributed by atoms with Gasteiger partial charge in [0, 0.05) is 25.1 Å². The molecule has 2 aromatic rings. The van der Waals surface area contributed by atoms with E-state index in [-0.39, 0.29) is 23.2 Å². The quantitative estimate of drug-likeness (QED) is 0.700. The van der Waals surface area contributed by atoms with E-state index in [0.29, 0.717) is 24.4 Å². The van der Waals surface area contributed by atoms with Crippen LogP contribution in [-0.4, -0.2) is 34.7 Å². The Bertz CT molecular complexity index is 902. The van der Waals surface area contributed by atoms with E-state index in [4.69, 9.17) is 16.2 Å². The Morgan fingerprint density at radius 1 is 1.39 bits per heavy atom. The van der Waals surface area contributed by atoms with Gasteiger partial charge in [-0.25, -0.2) is 14.4 Å². The molecule has 2 heterocycles. The van der Waals surface area contributed by atoms with E-state index in [1.54, 1.807) is 25.6 Å². The van der Waals surface area contributed by atoms with Crippen molar-refractivity contribution in [2.45, 2.75) is 38.3 Å². The molecule has 28 heavy (non-hydrogen) atoms. The van der Waals surface area contributed by atoms with Crippen molar-refractivity contribution in [1.82, 2.24) is 9.97 Å². The van der Waals surface area contributed by atoms with Gasteiger partial charge in [-0.3, -0.25) is 9.78 Å². The Morgan fingerprint density at radius 3 is 2.93 bits per heavy atom. The minimum absolute atomic E-state index is 0.0773. The summed E-state index contributed by atoms with van der Waals surface area (Å²) in [6.07, 6.45) is 6.70. The SMILES string of the molecule is COCc1cncc(Nc2nc(N=C3CCCC[C@@H]3N)c(F)cc2C(N)=O)c1. The number of carbonyl (C=O) groups is 1. The Balaban J connectivity index is 1.98. The standard InChI is InChI=1S/C19H23FN6O2/c1-28-10-11-6-12(9-23-8-11)24-18-13(17(22)27)7-14(20)19(26-18)25-16-5-3-2-4-15(16)21/h6-9,15H,2-5,10,21H2,1H3,(H2,22,27)(H,24,26)/t15-/m0/s1. The van der Waals surface area contributed by atoms with Gasteiger partial charge in [0.2, 0.25) is 0 Å². The van der Waals surface area contributed by atoms with Crippen molar-refractivity contribution in [1.29, 1.82) is 0 Å². The molecule has 1 aliphatic rings. The van der Waals surface area contributed by atoms with Gasteiger partial charge in [0.25, 0.3) is 5.91 Å². The number of nitrogens with one attached hydrogen (secondary N) is 1. The van der Waals surface area contributed by atoms with Crippen LogP contribution < -0.4 is 16.8 Å². The average Bonchev–Trinajstić information content (AvgIpc) is 2.66. The van der Waals surface area contributed by atoms with Gasteiger partial charge in [0.1, 0.15) is 5.82 Å². The van der Waals surface area contributed by atoms with Crippen LogP contribution >= 0.6 is 0 Å². The van der Waals surface area contributed by atoms with E-state index >= 15 is 0 Å². The average molecular weight is 386 g/mol. The number of pyridine rings is 2. The summed E-state index contributed by atoms with van der Waals surface area (Å²) in [6, 6.07) is 2.62. The van der Waals surface area contributed by atoms with Crippen molar-refractivity contribution >= 4 is 28.9 Å². The van der Waals surface area contributed by atoms with Crippen LogP contribution in [0.5, 0.6) is 0 Å². The Kier molecular flexibility index (Phi) is 6.27. The lowest BCUT2D eigenvalue weighted by atomic mass is 9.94. The molecule has 1 fully saturated rings. The van der Waals surface area contributed by atoms with Crippen LogP contribution in [-0.2, 0) is 11.3 Å². The molecule has 0 bridgehead atoms. The van der Waals surface area contributed by atoms with Crippen LogP contribution in [0.15, 0.2) is 29.5 Å². The number of methoxy groups -OCH3 is 1. The maximum absolute atomic E-state index is 14.5. The third kappa shape index (κ3) is 4.68. The summed E-state index contributed by atoms with van der Waals surface area (Å²) >= 11 is 0. The van der Waals surface area contributed by atoms with Gasteiger partial charge in [-0.2, -0.15) is 0 Å². The number of nitrogens with two attached hydrogens (primary N) is 2. The molecule has 1 aliphatic carbocycles. The van der Waals surface area contributed by atoms with Gasteiger partial charge in [-0.1, -0.05) is 6.42 Å². The van der Waals surface area contributed by atoms with Gasteiger partial charge in [-0.15, -0.1) is 0 Å². The first-order valence-corrected chi connectivity index (χ1v) is 9.01. The van der Waals surface area contributed by atoms with E-state index in [1.165, 1.54) is 0 Å². The predicted molar refractivity (Wildman–Crippen MR) is 104 cm³/mol. The number of ether oxygens (including phenoxy) is 1. The number of carbonyl (C=O) groups excluding carboxylic acids is 1. The third-order valence-electron chi connectivity index (χ3n) is 4.47. The highest BCUT2D eigenvalue weighted by atomic mass is 19.1. The highest BCUT2D eigenvalue weighted by molar-refractivity contribution is 5.99. The van der Waals surface area contributed by atoms with Gasteiger partial charge in [0.05, 0.1) is 24.1 Å². The number of amides is 1. The van der Waals surface area contributed by atoms with Crippen molar-refractivity contribution in [3.05, 3.63) is 41.5 Å². The number of primary amides is 1. The molecule has 0 saturated heterocycles. The van der Waals surface area contributed by atoms with Gasteiger partial charge in [-0.05, 0) is 37.0 Å². The fourth-order valence-electron chi connectivity index (χ4n) is 3.08. The van der Waals surface area contributed by atoms with Gasteiger partial charge >= 0.3 is 0 Å². The second-order valence-corrected chi connectivity index (χ2v) is 6.65. The Morgan fingerprint density at radius 2 is 2.21 bits per heavy atom. The second kappa shape index (κ2) is 8.85. The molecule has 0 spiro atoms. The first kappa shape index (κ1) is 19.8. The molecule has 3 rings (SSSR count). The highest BCUT2D eigenvalue weighted by Gasteiger charge is 2.20. The van der Waals surface area contributed by atoms with E-state index in [2.05, 4.69) is 20.3 Å². The molecule has 1 saturated carbocycles. The Labute approximate surface area is 162 Å². The molecule has 0 aliphatic heterocycles. The van der Waals surface area contributed by atoms with Crippen molar-refractivity contribution < 1.29 is 13.9 Å². The highest BCUT2D eigenvalue weighted by Crippen LogP contribution is 2.27. The molecule has 5 N–H and O–H groups in total. The summed E-state index contributed by atoms with van der Waals surface area (Å²) in [4.78, 5) is 24.4. The normalized spacial score (nSPS) is 18.2. The monoisotopic (exact) mass is 386 g/mol. The van der Waals surface area contributed by atoms with Crippen molar-refractivity contribution in [2.75, 3.05) is 12.4 Å². The molecule has 0 radical (unpaired) electrons. The molecular weight excluding hydrogens is 363 g/mol. The van der Waals surface area contributed by atoms with E-state index in [0.717, 1.165) is 30.9 Å². The lowest BCUT2D eigenvalue weighted by Crippen LogP contribution is -2.33. The fourth-order valence-corrected chi connectivity index (χ4v) is 3.08. The minimum Gasteiger partial charge on any atom is -0.380 e.